The molecule has 2 aromatic rings. The Bertz CT molecular complexity index is 661. The second kappa shape index (κ2) is 5.23. The number of hydrogen-bond donors (Lipinski definition) is 0. The van der Waals surface area contributed by atoms with E-state index in [4.69, 9.17) is 23.2 Å². The summed E-state index contributed by atoms with van der Waals surface area (Å²) in [6.45, 7) is 2.06. The molecule has 2 aromatic carbocycles. The maximum Gasteiger partial charge on any atom is 0.132 e. The quantitative estimate of drug-likeness (QED) is 0.630. The lowest BCUT2D eigenvalue weighted by atomic mass is 9.92. The van der Waals surface area contributed by atoms with Crippen LogP contribution >= 0.6 is 23.2 Å². The first-order valence-corrected chi connectivity index (χ1v) is 7.44. The second-order valence-electron chi connectivity index (χ2n) is 5.20. The van der Waals surface area contributed by atoms with Gasteiger partial charge in [-0.15, -0.1) is 11.6 Å². The maximum atomic E-state index is 6.84. The number of para-hydroxylation sites is 1. The monoisotopic (exact) mass is 303 g/mol. The zero-order valence-corrected chi connectivity index (χ0v) is 12.7. The van der Waals surface area contributed by atoms with Gasteiger partial charge in [-0.1, -0.05) is 59.6 Å². The summed E-state index contributed by atoms with van der Waals surface area (Å²) in [7, 11) is 0. The summed E-state index contributed by atoms with van der Waals surface area (Å²) in [5, 5.41) is 0.452. The van der Waals surface area contributed by atoms with E-state index in [1.54, 1.807) is 0 Å². The van der Waals surface area contributed by atoms with Gasteiger partial charge in [0.1, 0.15) is 10.0 Å². The van der Waals surface area contributed by atoms with Gasteiger partial charge in [0.2, 0.25) is 0 Å². The van der Waals surface area contributed by atoms with Crippen LogP contribution in [0, 0.1) is 6.92 Å². The van der Waals surface area contributed by atoms with Crippen molar-refractivity contribution in [3.8, 4) is 0 Å². The molecule has 102 valence electrons. The Labute approximate surface area is 129 Å². The van der Waals surface area contributed by atoms with Crippen molar-refractivity contribution in [2.24, 2.45) is 4.99 Å². The predicted molar refractivity (Wildman–Crippen MR) is 86.4 cm³/mol. The first-order valence-electron chi connectivity index (χ1n) is 6.68. The van der Waals surface area contributed by atoms with E-state index in [1.165, 1.54) is 11.1 Å². The largest absolute Gasteiger partial charge is 0.239 e. The Morgan fingerprint density at radius 1 is 1.05 bits per heavy atom. The van der Waals surface area contributed by atoms with Gasteiger partial charge in [0, 0.05) is 0 Å². The normalized spacial score (nSPS) is 21.9. The van der Waals surface area contributed by atoms with Crippen LogP contribution in [-0.2, 0) is 11.3 Å². The third-order valence-electron chi connectivity index (χ3n) is 3.79. The van der Waals surface area contributed by atoms with Gasteiger partial charge >= 0.3 is 0 Å². The molecule has 0 N–H and O–H groups in total. The molecule has 1 aliphatic rings. The molecule has 3 rings (SSSR count). The van der Waals surface area contributed by atoms with Crippen LogP contribution in [0.1, 0.15) is 23.1 Å². The highest BCUT2D eigenvalue weighted by molar-refractivity contribution is 6.72. The molecule has 1 atom stereocenters. The summed E-state index contributed by atoms with van der Waals surface area (Å²) >= 11 is 13.3. The minimum atomic E-state index is -0.728. The van der Waals surface area contributed by atoms with Crippen LogP contribution in [0.15, 0.2) is 53.5 Å². The lowest BCUT2D eigenvalue weighted by molar-refractivity contribution is 0.717. The summed E-state index contributed by atoms with van der Waals surface area (Å²) in [6.07, 6.45) is 1.62. The van der Waals surface area contributed by atoms with Crippen LogP contribution in [0.4, 0.5) is 5.69 Å². The molecule has 20 heavy (non-hydrogen) atoms. The van der Waals surface area contributed by atoms with Crippen molar-refractivity contribution in [3.05, 3.63) is 65.2 Å². The molecule has 0 bridgehead atoms. The third kappa shape index (κ3) is 2.36. The van der Waals surface area contributed by atoms with Crippen molar-refractivity contribution < 1.29 is 0 Å². The van der Waals surface area contributed by atoms with Gasteiger partial charge in [0.25, 0.3) is 0 Å². The van der Waals surface area contributed by atoms with Crippen LogP contribution in [0.5, 0.6) is 0 Å². The Balaban J connectivity index is 2.06. The van der Waals surface area contributed by atoms with Gasteiger partial charge in [-0.2, -0.15) is 0 Å². The zero-order valence-electron chi connectivity index (χ0n) is 11.2. The molecule has 0 saturated carbocycles. The summed E-state index contributed by atoms with van der Waals surface area (Å²) in [4.78, 5) is 3.81. The molecule has 1 aliphatic heterocycles. The number of rotatable bonds is 1. The smallest absolute Gasteiger partial charge is 0.132 e. The van der Waals surface area contributed by atoms with Crippen LogP contribution in [0.25, 0.3) is 0 Å². The predicted octanol–water partition coefficient (Wildman–Crippen LogP) is 5.34. The highest BCUT2D eigenvalue weighted by Gasteiger charge is 2.36. The van der Waals surface area contributed by atoms with Crippen LogP contribution in [0.2, 0.25) is 0 Å². The van der Waals surface area contributed by atoms with E-state index in [9.17, 15) is 0 Å². The second-order valence-corrected chi connectivity index (χ2v) is 6.20. The molecule has 1 heterocycles. The number of aryl methyl sites for hydroxylation is 2. The molecule has 0 amide bonds. The number of aliphatic imine (C=N–C) groups is 1. The van der Waals surface area contributed by atoms with Crippen molar-refractivity contribution in [1.82, 2.24) is 0 Å². The Morgan fingerprint density at radius 2 is 1.75 bits per heavy atom. The van der Waals surface area contributed by atoms with E-state index in [-0.39, 0.29) is 0 Å². The topological polar surface area (TPSA) is 12.4 Å². The minimum Gasteiger partial charge on any atom is -0.239 e. The molecule has 3 heteroatoms. The molecular formula is C17H15Cl2N. The van der Waals surface area contributed by atoms with E-state index in [2.05, 4.69) is 30.1 Å². The lowest BCUT2D eigenvalue weighted by Crippen LogP contribution is -2.26. The summed E-state index contributed by atoms with van der Waals surface area (Å²) in [5.74, 6) is 0. The van der Waals surface area contributed by atoms with Crippen molar-refractivity contribution in [1.29, 1.82) is 0 Å². The number of alkyl halides is 1. The Morgan fingerprint density at radius 3 is 2.50 bits per heavy atom. The average Bonchev–Trinajstić information content (AvgIpc) is 2.58. The molecule has 0 aliphatic carbocycles. The first kappa shape index (κ1) is 13.7. The van der Waals surface area contributed by atoms with Gasteiger partial charge in [-0.25, -0.2) is 4.99 Å². The molecule has 1 unspecified atom stereocenters. The fraction of sp³-hybridized carbons (Fsp3) is 0.235. The molecule has 0 aromatic heterocycles. The Hall–Kier alpha value is -1.31. The number of benzene rings is 2. The summed E-state index contributed by atoms with van der Waals surface area (Å²) in [5.41, 5.74) is 4.33. The zero-order chi connectivity index (χ0) is 14.2. The number of nitrogens with zero attached hydrogens (tertiary/aromatic N) is 1. The standard InChI is InChI=1S/C17H15Cl2N/c1-12-6-8-14(9-7-12)17(19)11-10-13-4-2-3-5-15(13)20-16(17)18/h2-9H,10-11H2,1H3. The van der Waals surface area contributed by atoms with Gasteiger partial charge in [0.15, 0.2) is 0 Å². The fourth-order valence-corrected chi connectivity index (χ4v) is 3.07. The number of halogens is 2. The molecule has 0 radical (unpaired) electrons. The highest BCUT2D eigenvalue weighted by Crippen LogP contribution is 2.41. The van der Waals surface area contributed by atoms with Gasteiger partial charge in [0.05, 0.1) is 5.69 Å². The van der Waals surface area contributed by atoms with Crippen molar-refractivity contribution in [2.45, 2.75) is 24.6 Å². The minimum absolute atomic E-state index is 0.452. The summed E-state index contributed by atoms with van der Waals surface area (Å²) < 4.78 is 0. The molecular weight excluding hydrogens is 289 g/mol. The SMILES string of the molecule is Cc1ccc(C2(Cl)CCc3ccccc3N=C2Cl)cc1. The van der Waals surface area contributed by atoms with E-state index in [1.807, 2.05) is 30.3 Å². The van der Waals surface area contributed by atoms with E-state index >= 15 is 0 Å². The Kier molecular flexibility index (Phi) is 3.57. The van der Waals surface area contributed by atoms with Gasteiger partial charge in [-0.3, -0.25) is 0 Å². The van der Waals surface area contributed by atoms with Gasteiger partial charge in [-0.05, 0) is 37.0 Å². The van der Waals surface area contributed by atoms with E-state index in [0.29, 0.717) is 5.17 Å². The van der Waals surface area contributed by atoms with Gasteiger partial charge < -0.3 is 0 Å². The average molecular weight is 304 g/mol. The third-order valence-corrected chi connectivity index (χ3v) is 4.88. The van der Waals surface area contributed by atoms with Crippen molar-refractivity contribution in [2.75, 3.05) is 0 Å². The summed E-state index contributed by atoms with van der Waals surface area (Å²) in [6, 6.07) is 16.3. The van der Waals surface area contributed by atoms with Crippen LogP contribution < -0.4 is 0 Å². The lowest BCUT2D eigenvalue weighted by Gasteiger charge is -2.25. The molecule has 1 nitrogen and oxygen atoms in total. The molecule has 0 fully saturated rings. The number of fused-ring (bicyclic) bond motifs is 1. The van der Waals surface area contributed by atoms with Crippen LogP contribution in [0.3, 0.4) is 0 Å². The fourth-order valence-electron chi connectivity index (χ4n) is 2.52. The highest BCUT2D eigenvalue weighted by atomic mass is 35.5. The van der Waals surface area contributed by atoms with Crippen molar-refractivity contribution in [3.63, 3.8) is 0 Å². The molecule has 0 spiro atoms. The van der Waals surface area contributed by atoms with E-state index in [0.717, 1.165) is 24.1 Å². The van der Waals surface area contributed by atoms with Crippen molar-refractivity contribution >= 4 is 34.1 Å². The van der Waals surface area contributed by atoms with E-state index < -0.39 is 4.87 Å². The number of hydrogen-bond acceptors (Lipinski definition) is 1. The molecule has 0 saturated heterocycles. The van der Waals surface area contributed by atoms with Crippen LogP contribution in [-0.4, -0.2) is 5.17 Å². The first-order chi connectivity index (χ1) is 9.59. The maximum absolute atomic E-state index is 6.84.